The minimum atomic E-state index is -0.496. The number of rotatable bonds is 7. The van der Waals surface area contributed by atoms with Crippen LogP contribution in [-0.2, 0) is 16.0 Å². The summed E-state index contributed by atoms with van der Waals surface area (Å²) in [5.41, 5.74) is 3.05. The molecule has 0 unspecified atom stereocenters. The molecule has 2 aromatic carbocycles. The van der Waals surface area contributed by atoms with Gasteiger partial charge >= 0.3 is 0 Å². The van der Waals surface area contributed by atoms with Crippen molar-refractivity contribution < 1.29 is 18.8 Å². The number of amides is 3. The van der Waals surface area contributed by atoms with Crippen LogP contribution in [0.1, 0.15) is 16.8 Å². The van der Waals surface area contributed by atoms with Gasteiger partial charge in [0.1, 0.15) is 10.8 Å². The maximum absolute atomic E-state index is 13.8. The zero-order valence-electron chi connectivity index (χ0n) is 17.7. The number of benzene rings is 2. The molecule has 0 atom stereocenters. The number of hydrogen-bond acceptors (Lipinski definition) is 6. The first-order valence-electron chi connectivity index (χ1n) is 10.2. The van der Waals surface area contributed by atoms with E-state index in [1.807, 2.05) is 36.6 Å². The fraction of sp³-hybridized carbons (Fsp3) is 0.167. The van der Waals surface area contributed by atoms with E-state index in [0.29, 0.717) is 5.69 Å². The second-order valence-electron chi connectivity index (χ2n) is 7.40. The van der Waals surface area contributed by atoms with Crippen molar-refractivity contribution in [2.24, 2.45) is 0 Å². The van der Waals surface area contributed by atoms with Crippen LogP contribution in [0.4, 0.5) is 9.18 Å². The summed E-state index contributed by atoms with van der Waals surface area (Å²) in [6, 6.07) is 14.0. The van der Waals surface area contributed by atoms with Crippen molar-refractivity contribution in [2.45, 2.75) is 13.3 Å². The van der Waals surface area contributed by atoms with Gasteiger partial charge < -0.3 is 5.32 Å². The van der Waals surface area contributed by atoms with Gasteiger partial charge in [-0.25, -0.2) is 9.37 Å². The van der Waals surface area contributed by atoms with Gasteiger partial charge in [-0.05, 0) is 36.9 Å². The molecule has 0 saturated carbocycles. The third-order valence-electron chi connectivity index (χ3n) is 4.88. The van der Waals surface area contributed by atoms with Crippen LogP contribution in [0.2, 0.25) is 0 Å². The molecule has 1 aromatic heterocycles. The Hall–Kier alpha value is -3.30. The van der Waals surface area contributed by atoms with Crippen LogP contribution in [0.25, 0.3) is 16.6 Å². The first-order chi connectivity index (χ1) is 15.9. The maximum Gasteiger partial charge on any atom is 0.293 e. The first kappa shape index (κ1) is 22.9. The minimum absolute atomic E-state index is 0.0383. The number of hydrogen-bond donors (Lipinski definition) is 1. The third-order valence-corrected chi connectivity index (χ3v) is 6.73. The molecule has 0 aliphatic carbocycles. The summed E-state index contributed by atoms with van der Waals surface area (Å²) >= 11 is 2.23. The average molecular weight is 482 g/mol. The lowest BCUT2D eigenvalue weighted by Gasteiger charge is -2.12. The molecule has 6 nitrogen and oxygen atoms in total. The summed E-state index contributed by atoms with van der Waals surface area (Å²) < 4.78 is 13.8. The zero-order chi connectivity index (χ0) is 23.4. The van der Waals surface area contributed by atoms with Crippen LogP contribution in [0.15, 0.2) is 58.8 Å². The molecule has 0 spiro atoms. The Balaban J connectivity index is 1.30. The molecule has 9 heteroatoms. The molecule has 1 aliphatic heterocycles. The summed E-state index contributed by atoms with van der Waals surface area (Å²) in [7, 11) is 0. The van der Waals surface area contributed by atoms with E-state index in [1.54, 1.807) is 12.1 Å². The average Bonchev–Trinajstić information content (AvgIpc) is 3.35. The van der Waals surface area contributed by atoms with Crippen molar-refractivity contribution in [1.29, 1.82) is 0 Å². The Morgan fingerprint density at radius 2 is 2.00 bits per heavy atom. The van der Waals surface area contributed by atoms with Crippen molar-refractivity contribution in [2.75, 3.05) is 13.1 Å². The number of halogens is 1. The number of nitrogens with one attached hydrogen (secondary N) is 1. The number of thioether (sulfide) groups is 1. The van der Waals surface area contributed by atoms with Gasteiger partial charge in [0.05, 0.1) is 17.0 Å². The second-order valence-corrected chi connectivity index (χ2v) is 9.25. The third kappa shape index (κ3) is 5.55. The van der Waals surface area contributed by atoms with Gasteiger partial charge in [-0.3, -0.25) is 19.3 Å². The lowest BCUT2D eigenvalue weighted by molar-refractivity contribution is -0.124. The Kier molecular flexibility index (Phi) is 7.00. The van der Waals surface area contributed by atoms with Crippen molar-refractivity contribution >= 4 is 46.2 Å². The van der Waals surface area contributed by atoms with Crippen molar-refractivity contribution in [3.8, 4) is 10.6 Å². The molecule has 3 amide bonds. The summed E-state index contributed by atoms with van der Waals surface area (Å²) in [6.45, 7) is 2.17. The van der Waals surface area contributed by atoms with Gasteiger partial charge in [-0.15, -0.1) is 11.3 Å². The maximum atomic E-state index is 13.8. The second kappa shape index (κ2) is 10.1. The van der Waals surface area contributed by atoms with Crippen molar-refractivity contribution in [3.63, 3.8) is 0 Å². The molecule has 3 aromatic rings. The summed E-state index contributed by atoms with van der Waals surface area (Å²) in [6.07, 6.45) is 1.48. The van der Waals surface area contributed by atoms with Crippen LogP contribution in [0.5, 0.6) is 0 Å². The van der Waals surface area contributed by atoms with E-state index in [0.717, 1.165) is 32.8 Å². The van der Waals surface area contributed by atoms with E-state index < -0.39 is 17.0 Å². The van der Waals surface area contributed by atoms with Crippen LogP contribution >= 0.6 is 23.1 Å². The molecule has 1 fully saturated rings. The van der Waals surface area contributed by atoms with E-state index in [1.165, 1.54) is 29.5 Å². The van der Waals surface area contributed by atoms with Gasteiger partial charge in [0, 0.05) is 29.6 Å². The first-order valence-corrected chi connectivity index (χ1v) is 11.9. The lowest BCUT2D eigenvalue weighted by atomic mass is 10.1. The molecular formula is C24H20FN3O3S2. The Labute approximate surface area is 198 Å². The van der Waals surface area contributed by atoms with Gasteiger partial charge in [-0.2, -0.15) is 0 Å². The van der Waals surface area contributed by atoms with Gasteiger partial charge in [0.2, 0.25) is 5.91 Å². The van der Waals surface area contributed by atoms with Crippen LogP contribution in [-0.4, -0.2) is 40.0 Å². The highest BCUT2D eigenvalue weighted by atomic mass is 32.2. The molecule has 1 N–H and O–H groups in total. The summed E-state index contributed by atoms with van der Waals surface area (Å²) in [5.74, 6) is -1.21. The SMILES string of the molecule is Cc1cccc(-c2nc(CC(=O)NCCN3C(=O)S/C(=C\c4ccccc4F)C3=O)cs2)c1. The highest BCUT2D eigenvalue weighted by Gasteiger charge is 2.34. The molecule has 168 valence electrons. The molecule has 0 radical (unpaired) electrons. The van der Waals surface area contributed by atoms with Crippen molar-refractivity contribution in [3.05, 3.63) is 81.5 Å². The van der Waals surface area contributed by atoms with Crippen LogP contribution in [0, 0.1) is 12.7 Å². The molecule has 0 bridgehead atoms. The molecule has 1 saturated heterocycles. The predicted octanol–water partition coefficient (Wildman–Crippen LogP) is 4.65. The number of aromatic nitrogens is 1. The van der Waals surface area contributed by atoms with Gasteiger partial charge in [-0.1, -0.05) is 42.0 Å². The largest absolute Gasteiger partial charge is 0.354 e. The van der Waals surface area contributed by atoms with E-state index in [4.69, 9.17) is 0 Å². The number of nitrogens with zero attached hydrogens (tertiary/aromatic N) is 2. The number of aryl methyl sites for hydroxylation is 1. The lowest BCUT2D eigenvalue weighted by Crippen LogP contribution is -2.37. The zero-order valence-corrected chi connectivity index (χ0v) is 19.3. The normalized spacial score (nSPS) is 14.8. The Bertz CT molecular complexity index is 1260. The fourth-order valence-corrected chi connectivity index (χ4v) is 4.93. The van der Waals surface area contributed by atoms with Crippen LogP contribution < -0.4 is 5.32 Å². The molecule has 1 aliphatic rings. The van der Waals surface area contributed by atoms with E-state index in [2.05, 4.69) is 10.3 Å². The van der Waals surface area contributed by atoms with Crippen molar-refractivity contribution in [1.82, 2.24) is 15.2 Å². The number of thiazole rings is 1. The predicted molar refractivity (Wildman–Crippen MR) is 128 cm³/mol. The van der Waals surface area contributed by atoms with E-state index in [9.17, 15) is 18.8 Å². The van der Waals surface area contributed by atoms with E-state index in [-0.39, 0.29) is 35.9 Å². The highest BCUT2D eigenvalue weighted by Crippen LogP contribution is 2.32. The number of carbonyl (C=O) groups is 3. The van der Waals surface area contributed by atoms with Gasteiger partial charge in [0.15, 0.2) is 0 Å². The Morgan fingerprint density at radius 3 is 2.79 bits per heavy atom. The highest BCUT2D eigenvalue weighted by molar-refractivity contribution is 8.18. The number of imide groups is 1. The Morgan fingerprint density at radius 1 is 1.18 bits per heavy atom. The molecule has 33 heavy (non-hydrogen) atoms. The van der Waals surface area contributed by atoms with E-state index >= 15 is 0 Å². The van der Waals surface area contributed by atoms with Gasteiger partial charge in [0.25, 0.3) is 11.1 Å². The quantitative estimate of drug-likeness (QED) is 0.497. The topological polar surface area (TPSA) is 79.4 Å². The minimum Gasteiger partial charge on any atom is -0.354 e. The monoisotopic (exact) mass is 481 g/mol. The molecular weight excluding hydrogens is 461 g/mol. The smallest absolute Gasteiger partial charge is 0.293 e. The molecule has 4 rings (SSSR count). The number of carbonyl (C=O) groups excluding carboxylic acids is 3. The molecule has 2 heterocycles. The fourth-order valence-electron chi connectivity index (χ4n) is 3.26. The summed E-state index contributed by atoms with van der Waals surface area (Å²) in [5, 5.41) is 4.97. The standard InChI is InChI=1S/C24H20FN3O3S2/c1-15-5-4-7-17(11-15)22-27-18(14-32-22)13-21(29)26-9-10-28-23(30)20(33-24(28)31)12-16-6-2-3-8-19(16)25/h2-8,11-12,14H,9-10,13H2,1H3,(H,26,29)/b20-12-. The summed E-state index contributed by atoms with van der Waals surface area (Å²) in [4.78, 5) is 42.8. The van der Waals surface area contributed by atoms with Crippen LogP contribution in [0.3, 0.4) is 0 Å².